The molecular weight excluding hydrogens is 527 g/mol. The van der Waals surface area contributed by atoms with Crippen molar-refractivity contribution in [3.63, 3.8) is 0 Å². The van der Waals surface area contributed by atoms with E-state index >= 15 is 0 Å². The van der Waals surface area contributed by atoms with Gasteiger partial charge in [0, 0.05) is 31.4 Å². The number of para-hydroxylation sites is 1. The molecule has 42 heavy (non-hydrogen) atoms. The summed E-state index contributed by atoms with van der Waals surface area (Å²) >= 11 is 1.07. The highest BCUT2D eigenvalue weighted by molar-refractivity contribution is 7.26. The van der Waals surface area contributed by atoms with Gasteiger partial charge in [0.1, 0.15) is 0 Å². The van der Waals surface area contributed by atoms with E-state index in [1.165, 1.54) is 0 Å². The Balaban J connectivity index is 1.51. The maximum absolute atomic E-state index is 9.43. The first-order chi connectivity index (χ1) is 23.8. The summed E-state index contributed by atoms with van der Waals surface area (Å²) in [5, 5.41) is 2.73. The molecule has 0 unspecified atom stereocenters. The van der Waals surface area contributed by atoms with Gasteiger partial charge in [-0.25, -0.2) is 0 Å². The minimum Gasteiger partial charge on any atom is -0.309 e. The first kappa shape index (κ1) is 18.3. The molecule has 0 N–H and O–H groups in total. The molecule has 8 rings (SSSR count). The van der Waals surface area contributed by atoms with Crippen LogP contribution in [-0.4, -0.2) is 0 Å². The smallest absolute Gasteiger partial charge is 0.0645 e. The molecule has 0 amide bonds. The lowest BCUT2D eigenvalue weighted by Crippen LogP contribution is -2.11. The number of hydrogen-bond donors (Lipinski definition) is 0. The van der Waals surface area contributed by atoms with Crippen LogP contribution in [0.2, 0.25) is 0 Å². The molecule has 198 valence electrons. The van der Waals surface area contributed by atoms with Crippen LogP contribution >= 0.6 is 11.3 Å². The van der Waals surface area contributed by atoms with Gasteiger partial charge in [-0.2, -0.15) is 0 Å². The van der Waals surface area contributed by atoms with Crippen molar-refractivity contribution in [3.05, 3.63) is 164 Å². The second kappa shape index (κ2) is 10.3. The van der Waals surface area contributed by atoms with Crippen LogP contribution in [0.3, 0.4) is 0 Å². The van der Waals surface area contributed by atoms with Gasteiger partial charge < -0.3 is 4.90 Å². The topological polar surface area (TPSA) is 3.24 Å². The Kier molecular flexibility index (Phi) is 4.50. The van der Waals surface area contributed by atoms with E-state index in [0.29, 0.717) is 20.5 Å². The van der Waals surface area contributed by atoms with Gasteiger partial charge in [0.2, 0.25) is 0 Å². The Hall–Kier alpha value is -5.18. The van der Waals surface area contributed by atoms with Gasteiger partial charge in [0.25, 0.3) is 0 Å². The van der Waals surface area contributed by atoms with Crippen LogP contribution in [0.15, 0.2) is 164 Å². The lowest BCUT2D eigenvalue weighted by atomic mass is 9.95. The van der Waals surface area contributed by atoms with Gasteiger partial charge in [-0.3, -0.25) is 0 Å². The zero-order valence-corrected chi connectivity index (χ0v) is 23.2. The summed E-state index contributed by atoms with van der Waals surface area (Å²) < 4.78 is 62.5. The molecule has 0 saturated carbocycles. The molecule has 1 aromatic heterocycles. The Morgan fingerprint density at radius 3 is 2.07 bits per heavy atom. The van der Waals surface area contributed by atoms with Crippen LogP contribution in [0.1, 0.15) is 9.60 Å². The van der Waals surface area contributed by atoms with E-state index in [2.05, 4.69) is 24.3 Å². The number of hydrogen-bond acceptors (Lipinski definition) is 2. The minimum absolute atomic E-state index is 0.177. The summed E-state index contributed by atoms with van der Waals surface area (Å²) in [5.41, 5.74) is 5.60. The van der Waals surface area contributed by atoms with Gasteiger partial charge in [-0.1, -0.05) is 127 Å². The molecule has 0 radical (unpaired) electrons. The molecule has 0 aliphatic heterocycles. The van der Waals surface area contributed by atoms with Crippen molar-refractivity contribution < 1.29 is 9.60 Å². The van der Waals surface area contributed by atoms with E-state index in [1.807, 2.05) is 102 Å². The standard InChI is InChI=1S/C40H27NS/c1-2-12-28(13-3-1)29-24-26-31(27-25-29)41(37-21-11-23-39-40(37)35-18-7-9-22-38(35)42-39)36-20-8-6-17-34(36)33-19-10-15-30-14-4-5-16-32(30)33/h1-27H/i7D,9D,11D,18D,21D,22D,23D. The van der Waals surface area contributed by atoms with Crippen LogP contribution in [0.4, 0.5) is 17.1 Å². The molecule has 0 atom stereocenters. The first-order valence-corrected chi connectivity index (χ1v) is 14.5. The van der Waals surface area contributed by atoms with E-state index in [4.69, 9.17) is 8.22 Å². The summed E-state index contributed by atoms with van der Waals surface area (Å²) in [6, 6.07) is 38.3. The molecule has 1 nitrogen and oxygen atoms in total. The Bertz CT molecular complexity index is 2580. The summed E-state index contributed by atoms with van der Waals surface area (Å²) in [6.07, 6.45) is 0. The molecule has 0 aliphatic carbocycles. The third-order valence-corrected chi connectivity index (χ3v) is 8.63. The normalized spacial score (nSPS) is 13.7. The van der Waals surface area contributed by atoms with Crippen molar-refractivity contribution >= 4 is 59.3 Å². The molecule has 2 heteroatoms. The molecular formula is C40H27NS. The third-order valence-electron chi connectivity index (χ3n) is 7.61. The highest BCUT2D eigenvalue weighted by Gasteiger charge is 2.21. The highest BCUT2D eigenvalue weighted by Crippen LogP contribution is 2.47. The van der Waals surface area contributed by atoms with Crippen molar-refractivity contribution in [2.45, 2.75) is 0 Å². The fourth-order valence-electron chi connectivity index (χ4n) is 5.69. The maximum atomic E-state index is 9.43. The van der Waals surface area contributed by atoms with E-state index in [9.17, 15) is 1.37 Å². The lowest BCUT2D eigenvalue weighted by Gasteiger charge is -2.29. The predicted octanol–water partition coefficient (Wildman–Crippen LogP) is 12.0. The van der Waals surface area contributed by atoms with Gasteiger partial charge >= 0.3 is 0 Å². The zero-order valence-electron chi connectivity index (χ0n) is 29.4. The number of benzene rings is 7. The van der Waals surface area contributed by atoms with Crippen LogP contribution < -0.4 is 4.90 Å². The second-order valence-electron chi connectivity index (χ2n) is 10.0. The Labute approximate surface area is 259 Å². The number of nitrogens with zero attached hydrogens (tertiary/aromatic N) is 1. The van der Waals surface area contributed by atoms with Gasteiger partial charge in [-0.05, 0) is 63.8 Å². The van der Waals surface area contributed by atoms with Gasteiger partial charge in [-0.15, -0.1) is 11.3 Å². The molecule has 1 heterocycles. The largest absolute Gasteiger partial charge is 0.309 e. The minimum atomic E-state index is -0.383. The number of rotatable bonds is 5. The fraction of sp³-hybridized carbons (Fsp3) is 0. The van der Waals surface area contributed by atoms with E-state index < -0.39 is 0 Å². The first-order valence-electron chi connectivity index (χ1n) is 17.2. The molecule has 8 aromatic rings. The molecule has 0 saturated heterocycles. The molecule has 0 spiro atoms. The quantitative estimate of drug-likeness (QED) is 0.202. The summed E-state index contributed by atoms with van der Waals surface area (Å²) in [4.78, 5) is 1.92. The molecule has 0 aliphatic rings. The van der Waals surface area contributed by atoms with Crippen LogP contribution in [-0.2, 0) is 0 Å². The predicted molar refractivity (Wildman–Crippen MR) is 182 cm³/mol. The molecule has 0 fully saturated rings. The Morgan fingerprint density at radius 2 is 1.17 bits per heavy atom. The third kappa shape index (κ3) is 4.16. The zero-order chi connectivity index (χ0) is 34.0. The van der Waals surface area contributed by atoms with Crippen molar-refractivity contribution in [1.29, 1.82) is 0 Å². The monoisotopic (exact) mass is 560 g/mol. The Morgan fingerprint density at radius 1 is 0.476 bits per heavy atom. The second-order valence-corrected chi connectivity index (χ2v) is 11.0. The van der Waals surface area contributed by atoms with E-state index in [1.54, 1.807) is 0 Å². The van der Waals surface area contributed by atoms with Gasteiger partial charge in [0.15, 0.2) is 0 Å². The van der Waals surface area contributed by atoms with Crippen molar-refractivity contribution in [2.24, 2.45) is 0 Å². The van der Waals surface area contributed by atoms with Gasteiger partial charge in [0.05, 0.1) is 21.0 Å². The van der Waals surface area contributed by atoms with Crippen LogP contribution in [0.5, 0.6) is 0 Å². The maximum Gasteiger partial charge on any atom is 0.0645 e. The SMILES string of the molecule is [2H]c1c([2H])c([2H])c2c(sc3c([2H])c([2H])c([2H])c(N(c4ccc(-c5ccccc5)cc4)c4ccccc4-c4cccc5ccccc45)c32)c1[2H]. The average molecular weight is 561 g/mol. The summed E-state index contributed by atoms with van der Waals surface area (Å²) in [7, 11) is 0. The van der Waals surface area contributed by atoms with Crippen LogP contribution in [0.25, 0.3) is 53.2 Å². The lowest BCUT2D eigenvalue weighted by molar-refractivity contribution is 1.30. The molecule has 0 bridgehead atoms. The van der Waals surface area contributed by atoms with Crippen LogP contribution in [0, 0.1) is 0 Å². The summed E-state index contributed by atoms with van der Waals surface area (Å²) in [6.45, 7) is 0. The van der Waals surface area contributed by atoms with Crippen molar-refractivity contribution in [1.82, 2.24) is 0 Å². The van der Waals surface area contributed by atoms with Crippen molar-refractivity contribution in [3.8, 4) is 22.3 Å². The number of thiophene rings is 1. The number of anilines is 3. The fourth-order valence-corrected chi connectivity index (χ4v) is 6.65. The van der Waals surface area contributed by atoms with E-state index in [0.717, 1.165) is 50.1 Å². The van der Waals surface area contributed by atoms with Crippen molar-refractivity contribution in [2.75, 3.05) is 4.90 Å². The summed E-state index contributed by atoms with van der Waals surface area (Å²) in [5.74, 6) is 0. The molecule has 7 aromatic carbocycles. The van der Waals surface area contributed by atoms with E-state index in [-0.39, 0.29) is 53.4 Å². The number of fused-ring (bicyclic) bond motifs is 4. The highest BCUT2D eigenvalue weighted by atomic mass is 32.1. The average Bonchev–Trinajstić information content (AvgIpc) is 3.55.